The average Bonchev–Trinajstić information content (AvgIpc) is 3.28. The standard InChI is InChI=1S/C29H31ClN4OS/c1-31-22-11-13-23(14-12-22)34(29(35)28-27(30)24-8-3-4-9-25(24)36-28)18-19-6-5-7-20(16-19)21-10-15-26(32-2)33-17-21/h3-10,15-17,22-23,31H,11-14,18H2,1-2H3,(H,32,33)/t22-,23-. The Labute approximate surface area is 221 Å². The van der Waals surface area contributed by atoms with E-state index in [2.05, 4.69) is 50.8 Å². The minimum Gasteiger partial charge on any atom is -0.373 e. The van der Waals surface area contributed by atoms with Gasteiger partial charge in [0.15, 0.2) is 0 Å². The zero-order valence-electron chi connectivity index (χ0n) is 20.6. The first kappa shape index (κ1) is 24.8. The number of nitrogens with zero attached hydrogens (tertiary/aromatic N) is 2. The van der Waals surface area contributed by atoms with Gasteiger partial charge in [0.05, 0.1) is 5.02 Å². The predicted octanol–water partition coefficient (Wildman–Crippen LogP) is 6.83. The molecule has 0 radical (unpaired) electrons. The summed E-state index contributed by atoms with van der Waals surface area (Å²) in [4.78, 5) is 21.2. The van der Waals surface area contributed by atoms with Gasteiger partial charge < -0.3 is 15.5 Å². The minimum absolute atomic E-state index is 0.0274. The van der Waals surface area contributed by atoms with E-state index in [0.29, 0.717) is 22.5 Å². The van der Waals surface area contributed by atoms with Crippen LogP contribution in [0.5, 0.6) is 0 Å². The van der Waals surface area contributed by atoms with Crippen LogP contribution in [0.3, 0.4) is 0 Å². The highest BCUT2D eigenvalue weighted by Crippen LogP contribution is 2.37. The maximum absolute atomic E-state index is 14.0. The maximum atomic E-state index is 14.0. The molecule has 186 valence electrons. The van der Waals surface area contributed by atoms with E-state index in [1.54, 1.807) is 0 Å². The predicted molar refractivity (Wildman–Crippen MR) is 151 cm³/mol. The van der Waals surface area contributed by atoms with Crippen LogP contribution in [-0.4, -0.2) is 42.0 Å². The minimum atomic E-state index is 0.0274. The fourth-order valence-electron chi connectivity index (χ4n) is 5.08. The first-order valence-corrected chi connectivity index (χ1v) is 13.6. The molecule has 2 N–H and O–H groups in total. The number of nitrogens with one attached hydrogen (secondary N) is 2. The molecule has 0 bridgehead atoms. The first-order valence-electron chi connectivity index (χ1n) is 12.5. The number of rotatable bonds is 7. The zero-order valence-corrected chi connectivity index (χ0v) is 22.2. The number of carbonyl (C=O) groups is 1. The highest BCUT2D eigenvalue weighted by Gasteiger charge is 2.31. The van der Waals surface area contributed by atoms with E-state index in [9.17, 15) is 4.79 Å². The molecule has 2 aromatic heterocycles. The summed E-state index contributed by atoms with van der Waals surface area (Å²) in [6, 6.07) is 21.1. The molecule has 1 saturated carbocycles. The van der Waals surface area contributed by atoms with Gasteiger partial charge in [-0.3, -0.25) is 4.79 Å². The van der Waals surface area contributed by atoms with Crippen molar-refractivity contribution in [2.45, 2.75) is 44.3 Å². The lowest BCUT2D eigenvalue weighted by atomic mass is 9.89. The van der Waals surface area contributed by atoms with Crippen molar-refractivity contribution in [3.05, 3.63) is 82.3 Å². The van der Waals surface area contributed by atoms with Gasteiger partial charge in [-0.1, -0.05) is 48.0 Å². The Morgan fingerprint density at radius 2 is 1.83 bits per heavy atom. The number of anilines is 1. The second kappa shape index (κ2) is 11.0. The third kappa shape index (κ3) is 5.12. The van der Waals surface area contributed by atoms with Crippen molar-refractivity contribution in [1.82, 2.24) is 15.2 Å². The summed E-state index contributed by atoms with van der Waals surface area (Å²) in [5, 5.41) is 7.98. The van der Waals surface area contributed by atoms with E-state index < -0.39 is 0 Å². The molecular formula is C29H31ClN4OS. The molecule has 0 spiro atoms. The van der Waals surface area contributed by atoms with Gasteiger partial charge in [0.25, 0.3) is 5.91 Å². The summed E-state index contributed by atoms with van der Waals surface area (Å²) < 4.78 is 1.05. The van der Waals surface area contributed by atoms with E-state index in [-0.39, 0.29) is 11.9 Å². The third-order valence-corrected chi connectivity index (χ3v) is 8.83. The Kier molecular flexibility index (Phi) is 7.56. The van der Waals surface area contributed by atoms with Crippen LogP contribution in [-0.2, 0) is 6.54 Å². The van der Waals surface area contributed by atoms with Crippen molar-refractivity contribution < 1.29 is 4.79 Å². The van der Waals surface area contributed by atoms with E-state index in [4.69, 9.17) is 11.6 Å². The van der Waals surface area contributed by atoms with Gasteiger partial charge in [0, 0.05) is 47.5 Å². The van der Waals surface area contributed by atoms with Gasteiger partial charge in [0.2, 0.25) is 0 Å². The summed E-state index contributed by atoms with van der Waals surface area (Å²) in [6.45, 7) is 0.550. The highest BCUT2D eigenvalue weighted by atomic mass is 35.5. The Balaban J connectivity index is 1.46. The van der Waals surface area contributed by atoms with E-state index in [1.807, 2.05) is 50.6 Å². The van der Waals surface area contributed by atoms with E-state index in [1.165, 1.54) is 11.3 Å². The third-order valence-electron chi connectivity index (χ3n) is 7.17. The number of hydrogen-bond acceptors (Lipinski definition) is 5. The van der Waals surface area contributed by atoms with Crippen LogP contribution in [0.25, 0.3) is 21.2 Å². The zero-order chi connectivity index (χ0) is 25.1. The second-order valence-corrected chi connectivity index (χ2v) is 10.8. The molecule has 7 heteroatoms. The van der Waals surface area contributed by atoms with Gasteiger partial charge in [-0.25, -0.2) is 4.98 Å². The maximum Gasteiger partial charge on any atom is 0.266 e. The summed E-state index contributed by atoms with van der Waals surface area (Å²) in [7, 11) is 3.88. The largest absolute Gasteiger partial charge is 0.373 e. The molecule has 5 nitrogen and oxygen atoms in total. The molecule has 36 heavy (non-hydrogen) atoms. The SMILES string of the molecule is CNc1ccc(-c2cccc(CN(C(=O)c3sc4ccccc4c3Cl)[C@H]3CC[C@H](NC)CC3)c2)cn1. The number of amides is 1. The van der Waals surface area contributed by atoms with Gasteiger partial charge in [0.1, 0.15) is 10.7 Å². The van der Waals surface area contributed by atoms with Gasteiger partial charge in [-0.05, 0) is 68.1 Å². The summed E-state index contributed by atoms with van der Waals surface area (Å²) in [5.41, 5.74) is 3.25. The van der Waals surface area contributed by atoms with E-state index in [0.717, 1.165) is 58.3 Å². The molecule has 1 fully saturated rings. The topological polar surface area (TPSA) is 57.3 Å². The van der Waals surface area contributed by atoms with Crippen LogP contribution in [0.2, 0.25) is 5.02 Å². The lowest BCUT2D eigenvalue weighted by Gasteiger charge is -2.37. The molecule has 0 saturated heterocycles. The number of benzene rings is 2. The van der Waals surface area contributed by atoms with Crippen molar-refractivity contribution in [3.8, 4) is 11.1 Å². The number of carbonyl (C=O) groups excluding carboxylic acids is 1. The van der Waals surface area contributed by atoms with Gasteiger partial charge >= 0.3 is 0 Å². The fraction of sp³-hybridized carbons (Fsp3) is 0.310. The van der Waals surface area contributed by atoms with E-state index >= 15 is 0 Å². The van der Waals surface area contributed by atoms with Gasteiger partial charge in [-0.2, -0.15) is 0 Å². The quantitative estimate of drug-likeness (QED) is 0.281. The smallest absolute Gasteiger partial charge is 0.266 e. The van der Waals surface area contributed by atoms with Gasteiger partial charge in [-0.15, -0.1) is 11.3 Å². The molecule has 0 unspecified atom stereocenters. The monoisotopic (exact) mass is 518 g/mol. The fourth-order valence-corrected chi connectivity index (χ4v) is 6.55. The molecule has 0 atom stereocenters. The Morgan fingerprint density at radius 3 is 2.53 bits per heavy atom. The summed E-state index contributed by atoms with van der Waals surface area (Å²) >= 11 is 8.25. The van der Waals surface area contributed by atoms with Crippen molar-refractivity contribution >= 4 is 44.7 Å². The number of aromatic nitrogens is 1. The van der Waals surface area contributed by atoms with Crippen molar-refractivity contribution in [1.29, 1.82) is 0 Å². The number of pyridine rings is 1. The van der Waals surface area contributed by atoms with Crippen molar-refractivity contribution in [2.24, 2.45) is 0 Å². The van der Waals surface area contributed by atoms with Crippen LogP contribution in [0, 0.1) is 0 Å². The highest BCUT2D eigenvalue weighted by molar-refractivity contribution is 7.21. The van der Waals surface area contributed by atoms with Crippen LogP contribution in [0.15, 0.2) is 66.9 Å². The molecule has 1 amide bonds. The molecule has 1 aliphatic carbocycles. The lowest BCUT2D eigenvalue weighted by molar-refractivity contribution is 0.0606. The van der Waals surface area contributed by atoms with Crippen LogP contribution in [0.4, 0.5) is 5.82 Å². The van der Waals surface area contributed by atoms with Crippen LogP contribution < -0.4 is 10.6 Å². The Bertz CT molecular complexity index is 1350. The van der Waals surface area contributed by atoms with Crippen LogP contribution >= 0.6 is 22.9 Å². The number of hydrogen-bond donors (Lipinski definition) is 2. The summed E-state index contributed by atoms with van der Waals surface area (Å²) in [5.74, 6) is 0.864. The second-order valence-electron chi connectivity index (χ2n) is 9.35. The Morgan fingerprint density at radius 1 is 1.03 bits per heavy atom. The van der Waals surface area contributed by atoms with Crippen LogP contribution in [0.1, 0.15) is 40.9 Å². The molecule has 2 aromatic carbocycles. The van der Waals surface area contributed by atoms with Crippen molar-refractivity contribution in [3.63, 3.8) is 0 Å². The number of fused-ring (bicyclic) bond motifs is 1. The molecule has 4 aromatic rings. The molecule has 5 rings (SSSR count). The molecule has 1 aliphatic rings. The van der Waals surface area contributed by atoms with Crippen molar-refractivity contribution in [2.75, 3.05) is 19.4 Å². The number of halogens is 1. The number of thiophene rings is 1. The first-order chi connectivity index (χ1) is 17.6. The molecular weight excluding hydrogens is 488 g/mol. The molecule has 2 heterocycles. The molecule has 0 aliphatic heterocycles. The summed E-state index contributed by atoms with van der Waals surface area (Å²) in [6.07, 6.45) is 5.97. The average molecular weight is 519 g/mol. The normalized spacial score (nSPS) is 17.8. The lowest BCUT2D eigenvalue weighted by Crippen LogP contribution is -2.44. The Hall–Kier alpha value is -2.93.